The zero-order valence-corrected chi connectivity index (χ0v) is 8.45. The lowest BCUT2D eigenvalue weighted by Gasteiger charge is -2.06. The van der Waals surface area contributed by atoms with E-state index in [1.54, 1.807) is 13.3 Å². The summed E-state index contributed by atoms with van der Waals surface area (Å²) in [6.45, 7) is 2.14. The molecular weight excluding hydrogens is 174 g/mol. The van der Waals surface area contributed by atoms with Gasteiger partial charge >= 0.3 is 0 Å². The van der Waals surface area contributed by atoms with E-state index in [1.165, 1.54) is 5.56 Å². The lowest BCUT2D eigenvalue weighted by molar-refractivity contribution is 0.418. The third-order valence-corrected chi connectivity index (χ3v) is 2.36. The van der Waals surface area contributed by atoms with Gasteiger partial charge in [-0.15, -0.1) is 0 Å². The minimum Gasteiger partial charge on any atom is -0.494 e. The van der Waals surface area contributed by atoms with Gasteiger partial charge in [0.1, 0.15) is 11.3 Å². The number of fused-ring (bicyclic) bond motifs is 1. The maximum absolute atomic E-state index is 5.31. The molecule has 1 aromatic heterocycles. The van der Waals surface area contributed by atoms with Crippen LogP contribution < -0.4 is 4.74 Å². The van der Waals surface area contributed by atoms with Crippen molar-refractivity contribution in [2.45, 2.75) is 13.3 Å². The first-order valence-electron chi connectivity index (χ1n) is 4.76. The van der Waals surface area contributed by atoms with Crippen LogP contribution in [0.1, 0.15) is 12.5 Å². The molecule has 1 heterocycles. The second-order valence-electron chi connectivity index (χ2n) is 3.23. The molecule has 0 aliphatic carbocycles. The van der Waals surface area contributed by atoms with Gasteiger partial charge in [-0.3, -0.25) is 4.98 Å². The minimum absolute atomic E-state index is 0.861. The summed E-state index contributed by atoms with van der Waals surface area (Å²) < 4.78 is 5.31. The maximum Gasteiger partial charge on any atom is 0.145 e. The molecule has 0 N–H and O–H groups in total. The van der Waals surface area contributed by atoms with Crippen molar-refractivity contribution in [3.63, 3.8) is 0 Å². The van der Waals surface area contributed by atoms with Crippen LogP contribution in [0.3, 0.4) is 0 Å². The zero-order valence-electron chi connectivity index (χ0n) is 8.45. The molecule has 72 valence electrons. The molecule has 0 fully saturated rings. The number of aromatic nitrogens is 1. The largest absolute Gasteiger partial charge is 0.494 e. The van der Waals surface area contributed by atoms with E-state index in [1.807, 2.05) is 6.07 Å². The Hall–Kier alpha value is -1.57. The van der Waals surface area contributed by atoms with Crippen LogP contribution in [-0.2, 0) is 6.42 Å². The summed E-state index contributed by atoms with van der Waals surface area (Å²) >= 11 is 0. The molecule has 0 aliphatic heterocycles. The molecule has 14 heavy (non-hydrogen) atoms. The van der Waals surface area contributed by atoms with Gasteiger partial charge in [-0.25, -0.2) is 0 Å². The van der Waals surface area contributed by atoms with Gasteiger partial charge in [0, 0.05) is 11.6 Å². The van der Waals surface area contributed by atoms with E-state index in [4.69, 9.17) is 4.74 Å². The highest BCUT2D eigenvalue weighted by Gasteiger charge is 2.03. The molecule has 0 atom stereocenters. The Morgan fingerprint density at radius 3 is 2.93 bits per heavy atom. The molecule has 2 rings (SSSR count). The van der Waals surface area contributed by atoms with Gasteiger partial charge < -0.3 is 4.74 Å². The smallest absolute Gasteiger partial charge is 0.145 e. The van der Waals surface area contributed by atoms with Crippen molar-refractivity contribution in [1.29, 1.82) is 0 Å². The molecule has 2 aromatic rings. The van der Waals surface area contributed by atoms with Crippen LogP contribution >= 0.6 is 0 Å². The molecule has 0 bridgehead atoms. The fourth-order valence-electron chi connectivity index (χ4n) is 1.58. The van der Waals surface area contributed by atoms with E-state index in [0.29, 0.717) is 0 Å². The average Bonchev–Trinajstić information content (AvgIpc) is 2.27. The fraction of sp³-hybridized carbons (Fsp3) is 0.250. The lowest BCUT2D eigenvalue weighted by Crippen LogP contribution is -1.90. The number of ether oxygens (including phenoxy) is 1. The Balaban J connectivity index is 2.73. The van der Waals surface area contributed by atoms with Gasteiger partial charge in [0.25, 0.3) is 0 Å². The van der Waals surface area contributed by atoms with E-state index < -0.39 is 0 Å². The average molecular weight is 187 g/mol. The molecule has 2 nitrogen and oxygen atoms in total. The first-order chi connectivity index (χ1) is 6.85. The third-order valence-electron chi connectivity index (χ3n) is 2.36. The Bertz CT molecular complexity index is 451. The van der Waals surface area contributed by atoms with Crippen LogP contribution in [0.4, 0.5) is 0 Å². The molecule has 1 aromatic carbocycles. The number of hydrogen-bond acceptors (Lipinski definition) is 2. The van der Waals surface area contributed by atoms with Crippen molar-refractivity contribution in [2.24, 2.45) is 0 Å². The van der Waals surface area contributed by atoms with Gasteiger partial charge in [-0.2, -0.15) is 0 Å². The summed E-state index contributed by atoms with van der Waals surface area (Å²) in [4.78, 5) is 4.30. The Labute approximate surface area is 83.5 Å². The number of aryl methyl sites for hydroxylation is 1. The van der Waals surface area contributed by atoms with Crippen molar-refractivity contribution in [3.8, 4) is 5.75 Å². The van der Waals surface area contributed by atoms with E-state index in [9.17, 15) is 0 Å². The van der Waals surface area contributed by atoms with Crippen molar-refractivity contribution in [3.05, 3.63) is 36.0 Å². The number of hydrogen-bond donors (Lipinski definition) is 0. The van der Waals surface area contributed by atoms with Crippen molar-refractivity contribution in [1.82, 2.24) is 4.98 Å². The van der Waals surface area contributed by atoms with Crippen LogP contribution in [0, 0.1) is 0 Å². The summed E-state index contributed by atoms with van der Waals surface area (Å²) in [6.07, 6.45) is 2.80. The monoisotopic (exact) mass is 187 g/mol. The topological polar surface area (TPSA) is 22.1 Å². The highest BCUT2D eigenvalue weighted by atomic mass is 16.5. The van der Waals surface area contributed by atoms with Crippen LogP contribution in [-0.4, -0.2) is 12.1 Å². The molecule has 0 aliphatic rings. The summed E-state index contributed by atoms with van der Waals surface area (Å²) in [5, 5.41) is 1.14. The van der Waals surface area contributed by atoms with E-state index in [-0.39, 0.29) is 0 Å². The first-order valence-corrected chi connectivity index (χ1v) is 4.76. The molecular formula is C12H13NO. The zero-order chi connectivity index (χ0) is 9.97. The number of rotatable bonds is 2. The van der Waals surface area contributed by atoms with Crippen molar-refractivity contribution < 1.29 is 4.74 Å². The summed E-state index contributed by atoms with van der Waals surface area (Å²) in [7, 11) is 1.68. The van der Waals surface area contributed by atoms with Gasteiger partial charge in [0.05, 0.1) is 7.11 Å². The molecule has 0 spiro atoms. The standard InChI is InChI=1S/C12H13NO/c1-3-9-7-10-5-4-6-13-12(10)11(8-9)14-2/h4-8H,3H2,1-2H3. The Morgan fingerprint density at radius 2 is 2.21 bits per heavy atom. The third kappa shape index (κ3) is 1.43. The predicted octanol–water partition coefficient (Wildman–Crippen LogP) is 2.81. The van der Waals surface area contributed by atoms with E-state index >= 15 is 0 Å². The minimum atomic E-state index is 0.861. The first kappa shape index (κ1) is 9.00. The normalized spacial score (nSPS) is 10.4. The summed E-state index contributed by atoms with van der Waals surface area (Å²) in [5.41, 5.74) is 2.22. The molecule has 0 saturated heterocycles. The van der Waals surface area contributed by atoms with Crippen molar-refractivity contribution in [2.75, 3.05) is 7.11 Å². The highest BCUT2D eigenvalue weighted by Crippen LogP contribution is 2.25. The van der Waals surface area contributed by atoms with Crippen LogP contribution in [0.5, 0.6) is 5.75 Å². The number of nitrogens with zero attached hydrogens (tertiary/aromatic N) is 1. The van der Waals surface area contributed by atoms with E-state index in [2.05, 4.69) is 30.1 Å². The van der Waals surface area contributed by atoms with Gasteiger partial charge in [-0.05, 0) is 30.2 Å². The van der Waals surface area contributed by atoms with Crippen LogP contribution in [0.15, 0.2) is 30.5 Å². The second-order valence-corrected chi connectivity index (χ2v) is 3.23. The molecule has 0 saturated carbocycles. The van der Waals surface area contributed by atoms with Crippen LogP contribution in [0.25, 0.3) is 10.9 Å². The SMILES string of the molecule is CCc1cc(OC)c2ncccc2c1. The fourth-order valence-corrected chi connectivity index (χ4v) is 1.58. The summed E-state index contributed by atoms with van der Waals surface area (Å²) in [6, 6.07) is 8.21. The molecule has 0 amide bonds. The number of pyridine rings is 1. The molecule has 0 radical (unpaired) electrons. The Kier molecular flexibility index (Phi) is 2.35. The predicted molar refractivity (Wildman–Crippen MR) is 57.7 cm³/mol. The van der Waals surface area contributed by atoms with Crippen molar-refractivity contribution >= 4 is 10.9 Å². The summed E-state index contributed by atoms with van der Waals surface area (Å²) in [5.74, 6) is 0.861. The number of benzene rings is 1. The van der Waals surface area contributed by atoms with Crippen LogP contribution in [0.2, 0.25) is 0 Å². The highest BCUT2D eigenvalue weighted by molar-refractivity contribution is 5.85. The quantitative estimate of drug-likeness (QED) is 0.721. The van der Waals surface area contributed by atoms with E-state index in [0.717, 1.165) is 23.1 Å². The molecule has 0 unspecified atom stereocenters. The van der Waals surface area contributed by atoms with Gasteiger partial charge in [-0.1, -0.05) is 13.0 Å². The van der Waals surface area contributed by atoms with Gasteiger partial charge in [0.15, 0.2) is 0 Å². The molecule has 2 heteroatoms. The maximum atomic E-state index is 5.31. The second kappa shape index (κ2) is 3.66. The number of methoxy groups -OCH3 is 1. The van der Waals surface area contributed by atoms with Gasteiger partial charge in [0.2, 0.25) is 0 Å². The lowest BCUT2D eigenvalue weighted by atomic mass is 10.1. The Morgan fingerprint density at radius 1 is 1.36 bits per heavy atom.